The second kappa shape index (κ2) is 31.8. The minimum absolute atomic E-state index is 0.589. The van der Waals surface area contributed by atoms with Gasteiger partial charge in [-0.15, -0.1) is 34.0 Å². The molecule has 0 spiro atoms. The number of nitrogens with zero attached hydrogens (tertiary/aromatic N) is 6. The van der Waals surface area contributed by atoms with E-state index in [2.05, 4.69) is 461 Å². The van der Waals surface area contributed by atoms with Crippen molar-refractivity contribution in [2.45, 2.75) is 10.8 Å². The second-order valence-electron chi connectivity index (χ2n) is 36.0. The molecule has 28 rings (SSSR count). The molecule has 0 radical (unpaired) electrons. The summed E-state index contributed by atoms with van der Waals surface area (Å²) in [6.07, 6.45) is 0. The van der Waals surface area contributed by atoms with Crippen molar-refractivity contribution in [1.29, 1.82) is 0 Å². The van der Waals surface area contributed by atoms with E-state index in [-0.39, 0.29) is 0 Å². The monoisotopic (exact) mass is 1810 g/mol. The van der Waals surface area contributed by atoms with E-state index in [1.54, 1.807) is 22.7 Å². The van der Waals surface area contributed by atoms with Crippen LogP contribution >= 0.6 is 34.0 Å². The fourth-order valence-electron chi connectivity index (χ4n) is 22.5. The number of hydrogen-bond donors (Lipinski definition) is 0. The van der Waals surface area contributed by atoms with Crippen LogP contribution in [0.2, 0.25) is 0 Å². The van der Waals surface area contributed by atoms with E-state index in [9.17, 15) is 0 Å². The Balaban J connectivity index is 0.519. The summed E-state index contributed by atoms with van der Waals surface area (Å²) in [5.41, 5.74) is 31.1. The molecule has 0 bridgehead atoms. The van der Waals surface area contributed by atoms with E-state index in [0.29, 0.717) is 34.9 Å². The van der Waals surface area contributed by atoms with Crippen molar-refractivity contribution in [2.75, 3.05) is 0 Å². The van der Waals surface area contributed by atoms with Gasteiger partial charge in [0, 0.05) is 110 Å². The number of furan rings is 1. The topological polar surface area (TPSA) is 90.5 Å². The highest BCUT2D eigenvalue weighted by Gasteiger charge is 2.49. The van der Waals surface area contributed by atoms with Gasteiger partial charge in [-0.2, -0.15) is 0 Å². The Morgan fingerprint density at radius 2 is 0.478 bits per heavy atom. The predicted molar refractivity (Wildman–Crippen MR) is 574 cm³/mol. The van der Waals surface area contributed by atoms with Crippen LogP contribution in [0.25, 0.3) is 229 Å². The van der Waals surface area contributed by atoms with Crippen molar-refractivity contribution >= 4 is 116 Å². The van der Waals surface area contributed by atoms with Crippen LogP contribution in [0.15, 0.2) is 465 Å². The molecule has 0 amide bonds. The van der Waals surface area contributed by atoms with E-state index >= 15 is 0 Å². The third-order valence-electron chi connectivity index (χ3n) is 28.6. The van der Waals surface area contributed by atoms with Gasteiger partial charge >= 0.3 is 0 Å². The molecule has 138 heavy (non-hydrogen) atoms. The van der Waals surface area contributed by atoms with E-state index in [0.717, 1.165) is 147 Å². The van der Waals surface area contributed by atoms with Crippen LogP contribution in [-0.4, -0.2) is 29.9 Å². The van der Waals surface area contributed by atoms with Crippen LogP contribution in [0.4, 0.5) is 0 Å². The standard InChI is InChI=1S/C128H76N6OS3/c1-5-33-87(34-6-1)127(88-35-7-2-8-36-88)107-55-17-13-43-101(107)115-103(51-27-57-109(115)127)123-129-121(131-125(133-123)105-53-25-49-99-95-42-16-20-60-113(95)137-119(99)105)79-65-61-77(62-66-79)81-29-21-31-85(73-81)91-45-23-47-97-93-71-69-83(75-111(93)135-117(91)97)84-70-72-96-100-50-26-54-106(120(100)138-114(96)76-84)126-132-122(80-67-63-78(64-68-80)82-30-22-32-86(74-82)92-46-24-48-98-94-41-15-19-59-112(94)136-118(92)98)130-124(134-126)104-52-28-58-110-116(104)102-44-14-18-56-108(102)128(110,89-37-9-3-10-38-89)90-39-11-4-12-40-90/h1-76H. The molecule has 7 nitrogen and oxygen atoms in total. The Bertz CT molecular complexity index is 9390. The van der Waals surface area contributed by atoms with Gasteiger partial charge in [-0.3, -0.25) is 0 Å². The lowest BCUT2D eigenvalue weighted by atomic mass is 9.67. The average Bonchev–Trinajstić information content (AvgIpc) is 1.53. The Morgan fingerprint density at radius 3 is 0.964 bits per heavy atom. The molecular formula is C128H76N6OS3. The van der Waals surface area contributed by atoms with Crippen molar-refractivity contribution < 1.29 is 4.42 Å². The highest BCUT2D eigenvalue weighted by atomic mass is 32.1. The first-order valence-electron chi connectivity index (χ1n) is 46.7. The summed E-state index contributed by atoms with van der Waals surface area (Å²) >= 11 is 5.42. The third kappa shape index (κ3) is 12.4. The lowest BCUT2D eigenvalue weighted by Crippen LogP contribution is -2.28. The molecule has 6 heterocycles. The highest BCUT2D eigenvalue weighted by molar-refractivity contribution is 7.27. The normalized spacial score (nSPS) is 12.9. The molecule has 0 saturated heterocycles. The Labute approximate surface area is 807 Å². The minimum Gasteiger partial charge on any atom is -0.455 e. The first-order chi connectivity index (χ1) is 68.4. The highest BCUT2D eigenvalue weighted by Crippen LogP contribution is 2.61. The fraction of sp³-hybridized carbons (Fsp3) is 0.0156. The van der Waals surface area contributed by atoms with Gasteiger partial charge in [0.15, 0.2) is 34.9 Å². The smallest absolute Gasteiger partial charge is 0.165 e. The number of thiophene rings is 3. The molecule has 0 fully saturated rings. The van der Waals surface area contributed by atoms with Crippen LogP contribution in [-0.2, 0) is 10.8 Å². The van der Waals surface area contributed by atoms with E-state index in [1.807, 2.05) is 11.3 Å². The molecule has 26 aromatic rings. The van der Waals surface area contributed by atoms with Gasteiger partial charge in [-0.1, -0.05) is 406 Å². The lowest BCUT2D eigenvalue weighted by molar-refractivity contribution is 0.670. The zero-order chi connectivity index (χ0) is 90.7. The Morgan fingerprint density at radius 1 is 0.174 bits per heavy atom. The molecule has 2 aliphatic carbocycles. The molecule has 6 aromatic heterocycles. The van der Waals surface area contributed by atoms with Crippen LogP contribution in [0.1, 0.15) is 44.5 Å². The first kappa shape index (κ1) is 79.4. The third-order valence-corrected chi connectivity index (χ3v) is 32.3. The number of benzene rings is 20. The summed E-state index contributed by atoms with van der Waals surface area (Å²) in [6.45, 7) is 0. The predicted octanol–water partition coefficient (Wildman–Crippen LogP) is 34.1. The number of fused-ring (bicyclic) bond motifs is 18. The fourth-order valence-corrected chi connectivity index (χ4v) is 26.2. The summed E-state index contributed by atoms with van der Waals surface area (Å²) in [5.74, 6) is 3.62. The number of para-hydroxylation sites is 1. The van der Waals surface area contributed by atoms with Gasteiger partial charge in [0.2, 0.25) is 0 Å². The van der Waals surface area contributed by atoms with E-state index < -0.39 is 10.8 Å². The Hall–Kier alpha value is -17.1. The maximum Gasteiger partial charge on any atom is 0.165 e. The van der Waals surface area contributed by atoms with Crippen molar-refractivity contribution in [3.05, 3.63) is 506 Å². The molecule has 642 valence electrons. The van der Waals surface area contributed by atoms with Crippen LogP contribution in [0.3, 0.4) is 0 Å². The quantitative estimate of drug-likeness (QED) is 0.101. The number of hydrogen-bond acceptors (Lipinski definition) is 10. The molecule has 2 aliphatic rings. The Kier molecular flexibility index (Phi) is 18.3. The average molecular weight is 1810 g/mol. The van der Waals surface area contributed by atoms with Gasteiger partial charge in [-0.25, -0.2) is 29.9 Å². The summed E-state index contributed by atoms with van der Waals surface area (Å²) in [5, 5.41) is 9.39. The summed E-state index contributed by atoms with van der Waals surface area (Å²) in [6, 6.07) is 167. The minimum atomic E-state index is -0.626. The van der Waals surface area contributed by atoms with Gasteiger partial charge < -0.3 is 4.42 Å². The van der Waals surface area contributed by atoms with Crippen LogP contribution < -0.4 is 0 Å². The number of aromatic nitrogens is 6. The van der Waals surface area contributed by atoms with Gasteiger partial charge in [-0.05, 0) is 171 Å². The van der Waals surface area contributed by atoms with Crippen LogP contribution in [0.5, 0.6) is 0 Å². The van der Waals surface area contributed by atoms with E-state index in [1.165, 1.54) is 91.3 Å². The van der Waals surface area contributed by atoms with Crippen molar-refractivity contribution in [3.63, 3.8) is 0 Å². The zero-order valence-corrected chi connectivity index (χ0v) is 76.6. The van der Waals surface area contributed by atoms with Crippen molar-refractivity contribution in [3.8, 4) is 146 Å². The molecule has 0 saturated carbocycles. The number of rotatable bonds is 15. The molecule has 20 aromatic carbocycles. The van der Waals surface area contributed by atoms with Crippen molar-refractivity contribution in [2.24, 2.45) is 0 Å². The summed E-state index contributed by atoms with van der Waals surface area (Å²) in [7, 11) is 0. The van der Waals surface area contributed by atoms with Crippen LogP contribution in [0, 0.1) is 0 Å². The zero-order valence-electron chi connectivity index (χ0n) is 74.2. The SMILES string of the molecule is c1ccc(C2(c3ccccc3)c3ccccc3-c3c(-c4nc(-c5ccc(-c6cccc(-c7cccc8c7oc7cc(-c9ccc%10c(c9)sc9c(-c%11nc(-c%12ccc(-c%13cccc(-c%14cccc%15c%14sc%14ccccc%14%15)c%13)cc%12)nc(-c%12cccc%13c%12-c%12ccccc%12C%13(c%12ccccc%12)c%12ccccc%12)n%11)cccc9%10)ccc78)c6)cc5)nc(-c5cccc6c5sc5ccccc56)n4)cccc32)cc1. The maximum atomic E-state index is 7.13. The lowest BCUT2D eigenvalue weighted by Gasteiger charge is -2.33. The van der Waals surface area contributed by atoms with Gasteiger partial charge in [0.05, 0.1) is 10.8 Å². The summed E-state index contributed by atoms with van der Waals surface area (Å²) in [4.78, 5) is 33.5. The molecule has 0 atom stereocenters. The van der Waals surface area contributed by atoms with Gasteiger partial charge in [0.1, 0.15) is 11.2 Å². The molecular weight excluding hydrogens is 1730 g/mol. The summed E-state index contributed by atoms with van der Waals surface area (Å²) < 4.78 is 14.3. The largest absolute Gasteiger partial charge is 0.455 e. The first-order valence-corrected chi connectivity index (χ1v) is 49.2. The molecule has 0 unspecified atom stereocenters. The van der Waals surface area contributed by atoms with Crippen molar-refractivity contribution in [1.82, 2.24) is 29.9 Å². The molecule has 0 N–H and O–H groups in total. The molecule has 10 heteroatoms. The van der Waals surface area contributed by atoms with E-state index in [4.69, 9.17) is 34.3 Å². The second-order valence-corrected chi connectivity index (χ2v) is 39.1. The van der Waals surface area contributed by atoms with Gasteiger partial charge in [0.25, 0.3) is 0 Å². The molecule has 0 aliphatic heterocycles. The maximum absolute atomic E-state index is 7.13.